The lowest BCUT2D eigenvalue weighted by Crippen LogP contribution is -2.43. The Morgan fingerprint density at radius 3 is 3.00 bits per heavy atom. The van der Waals surface area contributed by atoms with Gasteiger partial charge in [0.15, 0.2) is 0 Å². The maximum Gasteiger partial charge on any atom is 0.0621 e. The first-order chi connectivity index (χ1) is 7.34. The summed E-state index contributed by atoms with van der Waals surface area (Å²) in [6.07, 6.45) is 6.93. The molecule has 1 fully saturated rings. The summed E-state index contributed by atoms with van der Waals surface area (Å²) in [7, 11) is 2.22. The third-order valence-electron chi connectivity index (χ3n) is 3.19. The van der Waals surface area contributed by atoms with Crippen molar-refractivity contribution in [1.29, 1.82) is 5.26 Å². The molecule has 1 saturated heterocycles. The van der Waals surface area contributed by atoms with Gasteiger partial charge in [-0.15, -0.1) is 0 Å². The van der Waals surface area contributed by atoms with E-state index in [0.29, 0.717) is 6.42 Å². The van der Waals surface area contributed by atoms with Gasteiger partial charge in [-0.05, 0) is 45.8 Å². The van der Waals surface area contributed by atoms with Gasteiger partial charge in [-0.3, -0.25) is 0 Å². The number of rotatable bonds is 6. The number of hydrogen-bond donors (Lipinski definition) is 1. The van der Waals surface area contributed by atoms with Gasteiger partial charge in [-0.2, -0.15) is 5.26 Å². The predicted octanol–water partition coefficient (Wildman–Crippen LogP) is 1.75. The van der Waals surface area contributed by atoms with Crippen LogP contribution >= 0.6 is 0 Å². The lowest BCUT2D eigenvalue weighted by molar-refractivity contribution is 0.181. The van der Waals surface area contributed by atoms with E-state index in [-0.39, 0.29) is 0 Å². The number of likely N-dealkylation sites (tertiary alicyclic amines) is 1. The zero-order valence-corrected chi connectivity index (χ0v) is 9.84. The second kappa shape index (κ2) is 7.67. The second-order valence-electron chi connectivity index (χ2n) is 4.45. The molecule has 0 aliphatic carbocycles. The van der Waals surface area contributed by atoms with E-state index in [2.05, 4.69) is 23.3 Å². The van der Waals surface area contributed by atoms with Crippen LogP contribution in [-0.4, -0.2) is 37.6 Å². The minimum atomic E-state index is 0.699. The molecular weight excluding hydrogens is 186 g/mol. The summed E-state index contributed by atoms with van der Waals surface area (Å²) in [4.78, 5) is 2.46. The summed E-state index contributed by atoms with van der Waals surface area (Å²) in [5.41, 5.74) is 0. The first-order valence-electron chi connectivity index (χ1n) is 6.12. The molecule has 1 heterocycles. The van der Waals surface area contributed by atoms with E-state index in [4.69, 9.17) is 5.26 Å². The lowest BCUT2D eigenvalue weighted by Gasteiger charge is -2.32. The number of hydrogen-bond acceptors (Lipinski definition) is 3. The summed E-state index contributed by atoms with van der Waals surface area (Å²) in [6.45, 7) is 3.43. The highest BCUT2D eigenvalue weighted by atomic mass is 15.2. The van der Waals surface area contributed by atoms with Gasteiger partial charge >= 0.3 is 0 Å². The van der Waals surface area contributed by atoms with E-state index in [0.717, 1.165) is 32.0 Å². The van der Waals surface area contributed by atoms with E-state index >= 15 is 0 Å². The van der Waals surface area contributed by atoms with Crippen LogP contribution in [0.15, 0.2) is 0 Å². The number of nitrogens with zero attached hydrogens (tertiary/aromatic N) is 2. The molecular formula is C12H23N3. The Morgan fingerprint density at radius 2 is 2.27 bits per heavy atom. The maximum atomic E-state index is 8.38. The molecule has 86 valence electrons. The molecule has 1 atom stereocenters. The Hall–Kier alpha value is -0.590. The van der Waals surface area contributed by atoms with Gasteiger partial charge in [-0.1, -0.05) is 6.42 Å². The van der Waals surface area contributed by atoms with Gasteiger partial charge in [0.2, 0.25) is 0 Å². The molecule has 0 spiro atoms. The van der Waals surface area contributed by atoms with Crippen LogP contribution in [0.2, 0.25) is 0 Å². The van der Waals surface area contributed by atoms with E-state index < -0.39 is 0 Å². The van der Waals surface area contributed by atoms with Gasteiger partial charge < -0.3 is 10.2 Å². The molecule has 1 aliphatic heterocycles. The zero-order valence-electron chi connectivity index (χ0n) is 9.84. The highest BCUT2D eigenvalue weighted by Gasteiger charge is 2.17. The molecule has 0 aromatic rings. The number of unbranched alkanes of at least 4 members (excludes halogenated alkanes) is 2. The van der Waals surface area contributed by atoms with Crippen LogP contribution in [-0.2, 0) is 0 Å². The van der Waals surface area contributed by atoms with Crippen LogP contribution < -0.4 is 5.32 Å². The minimum Gasteiger partial charge on any atom is -0.315 e. The van der Waals surface area contributed by atoms with E-state index in [1.807, 2.05) is 0 Å². The topological polar surface area (TPSA) is 39.1 Å². The fourth-order valence-electron chi connectivity index (χ4n) is 2.12. The smallest absolute Gasteiger partial charge is 0.0621 e. The summed E-state index contributed by atoms with van der Waals surface area (Å²) in [5.74, 6) is 0. The lowest BCUT2D eigenvalue weighted by atomic mass is 10.0. The zero-order chi connectivity index (χ0) is 10.9. The fraction of sp³-hybridized carbons (Fsp3) is 0.917. The van der Waals surface area contributed by atoms with E-state index in [9.17, 15) is 0 Å². The average Bonchev–Trinajstić information content (AvgIpc) is 2.25. The first kappa shape index (κ1) is 12.5. The first-order valence-corrected chi connectivity index (χ1v) is 6.12. The Bertz CT molecular complexity index is 198. The number of nitriles is 1. The summed E-state index contributed by atoms with van der Waals surface area (Å²) in [6, 6.07) is 2.91. The molecule has 15 heavy (non-hydrogen) atoms. The molecule has 1 N–H and O–H groups in total. The molecule has 0 radical (unpaired) electrons. The van der Waals surface area contributed by atoms with Crippen LogP contribution in [0.4, 0.5) is 0 Å². The van der Waals surface area contributed by atoms with Crippen molar-refractivity contribution in [3.8, 4) is 6.07 Å². The second-order valence-corrected chi connectivity index (χ2v) is 4.45. The normalized spacial score (nSPS) is 22.5. The van der Waals surface area contributed by atoms with Gasteiger partial charge in [0.1, 0.15) is 0 Å². The molecule has 3 nitrogen and oxygen atoms in total. The van der Waals surface area contributed by atoms with Crippen LogP contribution in [0.3, 0.4) is 0 Å². The van der Waals surface area contributed by atoms with Crippen molar-refractivity contribution in [3.63, 3.8) is 0 Å². The SMILES string of the molecule is CN1CCCCC1CNCCCCC#N. The summed E-state index contributed by atoms with van der Waals surface area (Å²) < 4.78 is 0. The van der Waals surface area contributed by atoms with Crippen molar-refractivity contribution < 1.29 is 0 Å². The average molecular weight is 209 g/mol. The molecule has 0 amide bonds. The van der Waals surface area contributed by atoms with Crippen LogP contribution in [0.5, 0.6) is 0 Å². The van der Waals surface area contributed by atoms with Crippen LogP contribution in [0.25, 0.3) is 0 Å². The molecule has 0 aromatic heterocycles. The molecule has 0 saturated carbocycles. The van der Waals surface area contributed by atoms with E-state index in [1.54, 1.807) is 0 Å². The van der Waals surface area contributed by atoms with Crippen molar-refractivity contribution in [2.75, 3.05) is 26.7 Å². The molecule has 1 unspecified atom stereocenters. The highest BCUT2D eigenvalue weighted by molar-refractivity contribution is 4.76. The molecule has 0 bridgehead atoms. The van der Waals surface area contributed by atoms with Crippen LogP contribution in [0.1, 0.15) is 38.5 Å². The Morgan fingerprint density at radius 1 is 1.40 bits per heavy atom. The Balaban J connectivity index is 1.97. The summed E-state index contributed by atoms with van der Waals surface area (Å²) in [5, 5.41) is 11.9. The maximum absolute atomic E-state index is 8.38. The number of piperidine rings is 1. The summed E-state index contributed by atoms with van der Waals surface area (Å²) >= 11 is 0. The monoisotopic (exact) mass is 209 g/mol. The van der Waals surface area contributed by atoms with E-state index in [1.165, 1.54) is 25.8 Å². The fourth-order valence-corrected chi connectivity index (χ4v) is 2.12. The van der Waals surface area contributed by atoms with Crippen molar-refractivity contribution in [2.24, 2.45) is 0 Å². The highest BCUT2D eigenvalue weighted by Crippen LogP contribution is 2.13. The van der Waals surface area contributed by atoms with Gasteiger partial charge in [0.25, 0.3) is 0 Å². The van der Waals surface area contributed by atoms with Crippen LogP contribution in [0, 0.1) is 11.3 Å². The van der Waals surface area contributed by atoms with Gasteiger partial charge in [0.05, 0.1) is 6.07 Å². The third kappa shape index (κ3) is 5.15. The van der Waals surface area contributed by atoms with Crippen molar-refractivity contribution >= 4 is 0 Å². The van der Waals surface area contributed by atoms with Crippen molar-refractivity contribution in [2.45, 2.75) is 44.6 Å². The van der Waals surface area contributed by atoms with Crippen molar-refractivity contribution in [1.82, 2.24) is 10.2 Å². The third-order valence-corrected chi connectivity index (χ3v) is 3.19. The number of likely N-dealkylation sites (N-methyl/N-ethyl adjacent to an activating group) is 1. The quantitative estimate of drug-likeness (QED) is 0.677. The predicted molar refractivity (Wildman–Crippen MR) is 62.6 cm³/mol. The Labute approximate surface area is 93.5 Å². The number of nitrogens with one attached hydrogen (secondary N) is 1. The minimum absolute atomic E-state index is 0.699. The molecule has 0 aromatic carbocycles. The largest absolute Gasteiger partial charge is 0.315 e. The molecule has 3 heteroatoms. The molecule has 1 aliphatic rings. The molecule has 1 rings (SSSR count). The standard InChI is InChI=1S/C12H23N3/c1-15-10-6-3-7-12(15)11-14-9-5-2-4-8-13/h12,14H,2-7,9-11H2,1H3. The van der Waals surface area contributed by atoms with Gasteiger partial charge in [-0.25, -0.2) is 0 Å². The Kier molecular flexibility index (Phi) is 6.38. The van der Waals surface area contributed by atoms with Crippen molar-refractivity contribution in [3.05, 3.63) is 0 Å². The van der Waals surface area contributed by atoms with Gasteiger partial charge in [0, 0.05) is 19.0 Å².